The number of aromatic nitrogens is 5. The number of ether oxygens (including phenoxy) is 1. The van der Waals surface area contributed by atoms with Crippen LogP contribution in [0.5, 0.6) is 0 Å². The molecular weight excluding hydrogens is 236 g/mol. The number of nitrogen functional groups attached to an aromatic ring is 1. The van der Waals surface area contributed by atoms with Crippen LogP contribution < -0.4 is 5.73 Å². The first kappa shape index (κ1) is 12.0. The van der Waals surface area contributed by atoms with Crippen LogP contribution in [0.3, 0.4) is 0 Å². The Hall–Kier alpha value is -2.51. The van der Waals surface area contributed by atoms with E-state index in [2.05, 4.69) is 24.8 Å². The fourth-order valence-electron chi connectivity index (χ4n) is 1.41. The number of methoxy groups -OCH3 is 1. The number of carbonyl (C=O) groups excluding carboxylic acids is 1. The van der Waals surface area contributed by atoms with E-state index < -0.39 is 5.97 Å². The molecule has 0 aliphatic rings. The van der Waals surface area contributed by atoms with Gasteiger partial charge in [-0.1, -0.05) is 0 Å². The second-order valence-corrected chi connectivity index (χ2v) is 3.61. The largest absolute Gasteiger partial charge is 0.463 e. The van der Waals surface area contributed by atoms with Gasteiger partial charge in [0.1, 0.15) is 18.0 Å². The lowest BCUT2D eigenvalue weighted by molar-refractivity contribution is 0.0587. The lowest BCUT2D eigenvalue weighted by atomic mass is 10.3. The maximum absolute atomic E-state index is 11.3. The van der Waals surface area contributed by atoms with E-state index >= 15 is 0 Å². The molecule has 0 saturated carbocycles. The zero-order chi connectivity index (χ0) is 13.3. The van der Waals surface area contributed by atoms with Crippen molar-refractivity contribution < 1.29 is 9.53 Å². The topological polar surface area (TPSA) is 109 Å². The van der Waals surface area contributed by atoms with E-state index in [9.17, 15) is 4.79 Å². The maximum atomic E-state index is 11.3. The molecule has 2 heterocycles. The van der Waals surface area contributed by atoms with Gasteiger partial charge in [-0.05, 0) is 13.8 Å². The van der Waals surface area contributed by atoms with Crippen LogP contribution in [0.4, 0.5) is 5.82 Å². The van der Waals surface area contributed by atoms with Gasteiger partial charge in [-0.15, -0.1) is 5.10 Å². The van der Waals surface area contributed by atoms with E-state index in [1.54, 1.807) is 13.8 Å². The number of rotatable bonds is 2. The summed E-state index contributed by atoms with van der Waals surface area (Å²) in [6.07, 6.45) is 1.38. The summed E-state index contributed by atoms with van der Waals surface area (Å²) in [4.78, 5) is 23.3. The van der Waals surface area contributed by atoms with Gasteiger partial charge < -0.3 is 10.5 Å². The predicted molar refractivity (Wildman–Crippen MR) is 62.2 cm³/mol. The van der Waals surface area contributed by atoms with Crippen molar-refractivity contribution in [3.63, 3.8) is 0 Å². The fraction of sp³-hybridized carbons (Fsp3) is 0.300. The Kier molecular flexibility index (Phi) is 2.92. The third-order valence-electron chi connectivity index (χ3n) is 2.35. The van der Waals surface area contributed by atoms with Crippen molar-refractivity contribution in [2.24, 2.45) is 0 Å². The van der Waals surface area contributed by atoms with E-state index in [1.165, 1.54) is 18.1 Å². The molecule has 8 heteroatoms. The third kappa shape index (κ3) is 1.99. The van der Waals surface area contributed by atoms with Gasteiger partial charge in [-0.25, -0.2) is 24.4 Å². The minimum Gasteiger partial charge on any atom is -0.463 e. The Bertz CT molecular complexity index is 606. The predicted octanol–water partition coefficient (Wildman–Crippen LogP) is 0.0429. The first-order chi connectivity index (χ1) is 8.52. The molecule has 0 bridgehead atoms. The van der Waals surface area contributed by atoms with Crippen LogP contribution in [0, 0.1) is 13.8 Å². The molecule has 0 aliphatic carbocycles. The summed E-state index contributed by atoms with van der Waals surface area (Å²) in [5, 5.41) is 3.98. The highest BCUT2D eigenvalue weighted by molar-refractivity contribution is 5.84. The van der Waals surface area contributed by atoms with Gasteiger partial charge in [0, 0.05) is 5.56 Å². The summed E-state index contributed by atoms with van der Waals surface area (Å²) in [5.74, 6) is 0.732. The number of aryl methyl sites for hydroxylation is 1. The molecule has 8 nitrogen and oxygen atoms in total. The first-order valence-electron chi connectivity index (χ1n) is 5.14. The van der Waals surface area contributed by atoms with Crippen LogP contribution in [0.1, 0.15) is 22.0 Å². The van der Waals surface area contributed by atoms with E-state index in [1.807, 2.05) is 0 Å². The summed E-state index contributed by atoms with van der Waals surface area (Å²) in [6.45, 7) is 3.49. The van der Waals surface area contributed by atoms with Gasteiger partial charge >= 0.3 is 5.97 Å². The number of hydrogen-bond acceptors (Lipinski definition) is 7. The SMILES string of the molecule is COC(=O)c1ncn(-c2nc(C)nc(N)c2C)n1. The summed E-state index contributed by atoms with van der Waals surface area (Å²) < 4.78 is 5.90. The second-order valence-electron chi connectivity index (χ2n) is 3.61. The molecule has 2 rings (SSSR count). The highest BCUT2D eigenvalue weighted by Gasteiger charge is 2.15. The van der Waals surface area contributed by atoms with Gasteiger partial charge in [0.15, 0.2) is 5.82 Å². The van der Waals surface area contributed by atoms with Crippen LogP contribution in [0.15, 0.2) is 6.33 Å². The Labute approximate surface area is 103 Å². The molecule has 0 amide bonds. The molecule has 0 saturated heterocycles. The van der Waals surface area contributed by atoms with Crippen molar-refractivity contribution in [1.29, 1.82) is 0 Å². The fourth-order valence-corrected chi connectivity index (χ4v) is 1.41. The first-order valence-corrected chi connectivity index (χ1v) is 5.14. The number of nitrogens with two attached hydrogens (primary N) is 1. The van der Waals surface area contributed by atoms with Gasteiger partial charge in [0.25, 0.3) is 5.82 Å². The Morgan fingerprint density at radius 3 is 2.78 bits per heavy atom. The minimum atomic E-state index is -0.606. The Balaban J connectivity index is 2.49. The average Bonchev–Trinajstić information content (AvgIpc) is 2.82. The van der Waals surface area contributed by atoms with Crippen LogP contribution in [-0.2, 0) is 4.74 Å². The molecule has 2 N–H and O–H groups in total. The van der Waals surface area contributed by atoms with E-state index in [0.29, 0.717) is 23.0 Å². The summed E-state index contributed by atoms with van der Waals surface area (Å²) in [6, 6.07) is 0. The molecule has 0 fully saturated rings. The van der Waals surface area contributed by atoms with E-state index in [0.717, 1.165) is 0 Å². The van der Waals surface area contributed by atoms with E-state index in [4.69, 9.17) is 5.73 Å². The standard InChI is InChI=1S/C10H12N6O2/c1-5-7(11)13-6(2)14-9(5)16-4-12-8(15-16)10(17)18-3/h4H,1-3H3,(H2,11,13,14). The Morgan fingerprint density at radius 2 is 2.11 bits per heavy atom. The van der Waals surface area contributed by atoms with Crippen molar-refractivity contribution in [3.8, 4) is 5.82 Å². The van der Waals surface area contributed by atoms with E-state index in [-0.39, 0.29) is 5.82 Å². The van der Waals surface area contributed by atoms with Crippen LogP contribution >= 0.6 is 0 Å². The molecular formula is C10H12N6O2. The van der Waals surface area contributed by atoms with Gasteiger partial charge in [0.2, 0.25) is 0 Å². The monoisotopic (exact) mass is 248 g/mol. The molecule has 0 unspecified atom stereocenters. The smallest absolute Gasteiger partial charge is 0.377 e. The lowest BCUT2D eigenvalue weighted by Gasteiger charge is -2.06. The second kappa shape index (κ2) is 4.40. The maximum Gasteiger partial charge on any atom is 0.377 e. The molecule has 2 aromatic heterocycles. The van der Waals surface area contributed by atoms with Crippen molar-refractivity contribution >= 4 is 11.8 Å². The van der Waals surface area contributed by atoms with Crippen molar-refractivity contribution in [1.82, 2.24) is 24.7 Å². The summed E-state index contributed by atoms with van der Waals surface area (Å²) in [7, 11) is 1.26. The zero-order valence-electron chi connectivity index (χ0n) is 10.2. The zero-order valence-corrected chi connectivity index (χ0v) is 10.2. The van der Waals surface area contributed by atoms with Gasteiger partial charge in [-0.3, -0.25) is 0 Å². The van der Waals surface area contributed by atoms with Crippen molar-refractivity contribution in [2.45, 2.75) is 13.8 Å². The summed E-state index contributed by atoms with van der Waals surface area (Å²) in [5.41, 5.74) is 6.42. The molecule has 0 aromatic carbocycles. The highest BCUT2D eigenvalue weighted by atomic mass is 16.5. The molecule has 2 aromatic rings. The minimum absolute atomic E-state index is 0.0354. The average molecular weight is 248 g/mol. The number of hydrogen-bond donors (Lipinski definition) is 1. The molecule has 0 atom stereocenters. The molecule has 0 radical (unpaired) electrons. The third-order valence-corrected chi connectivity index (χ3v) is 2.35. The van der Waals surface area contributed by atoms with Gasteiger partial charge in [-0.2, -0.15) is 0 Å². The number of nitrogens with zero attached hydrogens (tertiary/aromatic N) is 5. The normalized spacial score (nSPS) is 10.4. The van der Waals surface area contributed by atoms with Crippen molar-refractivity contribution in [2.75, 3.05) is 12.8 Å². The van der Waals surface area contributed by atoms with Crippen LogP contribution in [-0.4, -0.2) is 37.8 Å². The molecule has 0 aliphatic heterocycles. The van der Waals surface area contributed by atoms with Crippen LogP contribution in [0.25, 0.3) is 5.82 Å². The van der Waals surface area contributed by atoms with Gasteiger partial charge in [0.05, 0.1) is 7.11 Å². The highest BCUT2D eigenvalue weighted by Crippen LogP contribution is 2.15. The van der Waals surface area contributed by atoms with Crippen molar-refractivity contribution in [3.05, 3.63) is 23.5 Å². The van der Waals surface area contributed by atoms with Crippen LogP contribution in [0.2, 0.25) is 0 Å². The molecule has 94 valence electrons. The quantitative estimate of drug-likeness (QED) is 0.747. The lowest BCUT2D eigenvalue weighted by Crippen LogP contribution is -2.09. The molecule has 18 heavy (non-hydrogen) atoms. The molecule has 0 spiro atoms. The summed E-state index contributed by atoms with van der Waals surface area (Å²) >= 11 is 0. The number of anilines is 1. The number of esters is 1. The Morgan fingerprint density at radius 1 is 1.39 bits per heavy atom. The number of carbonyl (C=O) groups is 1.